The van der Waals surface area contributed by atoms with Crippen LogP contribution in [0.5, 0.6) is 0 Å². The minimum atomic E-state index is -0.725. The van der Waals surface area contributed by atoms with Crippen LogP contribution < -0.4 is 0 Å². The largest absolute Gasteiger partial charge is 0.390 e. The van der Waals surface area contributed by atoms with Crippen molar-refractivity contribution in [2.45, 2.75) is 25.9 Å². The molecule has 1 aromatic rings. The van der Waals surface area contributed by atoms with Crippen LogP contribution in [0.15, 0.2) is 18.2 Å². The molecule has 1 N–H and O–H groups in total. The highest BCUT2D eigenvalue weighted by Gasteiger charge is 2.13. The van der Waals surface area contributed by atoms with Crippen molar-refractivity contribution in [3.05, 3.63) is 29.0 Å². The predicted molar refractivity (Wildman–Crippen MR) is 49.2 cm³/mol. The third-order valence-corrected chi connectivity index (χ3v) is 1.60. The normalized spacial score (nSPS) is 11.7. The quantitative estimate of drug-likeness (QED) is 0.716. The van der Waals surface area contributed by atoms with E-state index < -0.39 is 5.60 Å². The van der Waals surface area contributed by atoms with Crippen LogP contribution in [0, 0.1) is 0 Å². The Hall–Kier alpha value is -0.600. The van der Waals surface area contributed by atoms with Gasteiger partial charge in [-0.25, -0.2) is 4.98 Å². The van der Waals surface area contributed by atoms with Crippen molar-refractivity contribution >= 4 is 11.6 Å². The fraction of sp³-hybridized carbons (Fsp3) is 0.444. The van der Waals surface area contributed by atoms with E-state index in [9.17, 15) is 5.11 Å². The van der Waals surface area contributed by atoms with Gasteiger partial charge in [0.05, 0.1) is 5.60 Å². The lowest BCUT2D eigenvalue weighted by molar-refractivity contribution is 0.0799. The summed E-state index contributed by atoms with van der Waals surface area (Å²) in [5.41, 5.74) is 0.0903. The Kier molecular flexibility index (Phi) is 2.70. The first-order chi connectivity index (χ1) is 5.47. The average Bonchev–Trinajstić information content (AvgIpc) is 1.82. The Morgan fingerprint density at radius 2 is 2.17 bits per heavy atom. The van der Waals surface area contributed by atoms with Crippen LogP contribution in [-0.2, 0) is 6.42 Å². The van der Waals surface area contributed by atoms with Gasteiger partial charge >= 0.3 is 0 Å². The summed E-state index contributed by atoms with van der Waals surface area (Å²) in [4.78, 5) is 4.06. The molecule has 0 aromatic carbocycles. The van der Waals surface area contributed by atoms with Gasteiger partial charge < -0.3 is 5.11 Å². The van der Waals surface area contributed by atoms with Gasteiger partial charge in [-0.1, -0.05) is 17.7 Å². The summed E-state index contributed by atoms with van der Waals surface area (Å²) in [5.74, 6) is 0. The van der Waals surface area contributed by atoms with Gasteiger partial charge in [0.25, 0.3) is 0 Å². The minimum Gasteiger partial charge on any atom is -0.390 e. The first kappa shape index (κ1) is 9.49. The summed E-state index contributed by atoms with van der Waals surface area (Å²) in [5, 5.41) is 9.95. The molecule has 0 unspecified atom stereocenters. The van der Waals surface area contributed by atoms with Crippen molar-refractivity contribution < 1.29 is 5.11 Å². The third-order valence-electron chi connectivity index (χ3n) is 1.39. The highest BCUT2D eigenvalue weighted by Crippen LogP contribution is 2.12. The second-order valence-electron chi connectivity index (χ2n) is 3.44. The summed E-state index contributed by atoms with van der Waals surface area (Å²) in [6.45, 7) is 3.49. The molecule has 0 fully saturated rings. The van der Waals surface area contributed by atoms with Gasteiger partial charge in [-0.2, -0.15) is 0 Å². The molecule has 0 saturated heterocycles. The van der Waals surface area contributed by atoms with Gasteiger partial charge in [0.15, 0.2) is 0 Å². The van der Waals surface area contributed by atoms with Gasteiger partial charge in [-0.05, 0) is 26.0 Å². The molecule has 0 aliphatic heterocycles. The van der Waals surface area contributed by atoms with Gasteiger partial charge in [-0.15, -0.1) is 0 Å². The molecule has 1 rings (SSSR count). The number of halogens is 1. The van der Waals surface area contributed by atoms with Crippen molar-refractivity contribution in [2.75, 3.05) is 0 Å². The van der Waals surface area contributed by atoms with E-state index in [1.54, 1.807) is 19.9 Å². The maximum Gasteiger partial charge on any atom is 0.129 e. The Morgan fingerprint density at radius 3 is 2.67 bits per heavy atom. The average molecular weight is 186 g/mol. The molecule has 0 aliphatic rings. The molecule has 12 heavy (non-hydrogen) atoms. The van der Waals surface area contributed by atoms with Crippen LogP contribution in [0.3, 0.4) is 0 Å². The lowest BCUT2D eigenvalue weighted by Gasteiger charge is -2.15. The SMILES string of the molecule is CC(C)(O)Cc1cccc(Cl)n1. The summed E-state index contributed by atoms with van der Waals surface area (Å²) >= 11 is 5.68. The molecular weight excluding hydrogens is 174 g/mol. The minimum absolute atomic E-state index is 0.469. The zero-order chi connectivity index (χ0) is 9.19. The molecule has 0 aliphatic carbocycles. The third kappa shape index (κ3) is 3.20. The number of aliphatic hydroxyl groups is 1. The maximum atomic E-state index is 9.48. The van der Waals surface area contributed by atoms with E-state index in [0.717, 1.165) is 5.69 Å². The fourth-order valence-electron chi connectivity index (χ4n) is 0.992. The molecule has 3 heteroatoms. The Morgan fingerprint density at radius 1 is 1.50 bits per heavy atom. The van der Waals surface area contributed by atoms with E-state index in [1.165, 1.54) is 0 Å². The predicted octanol–water partition coefficient (Wildman–Crippen LogP) is 2.05. The first-order valence-corrected chi connectivity index (χ1v) is 4.19. The molecule has 0 bridgehead atoms. The van der Waals surface area contributed by atoms with E-state index in [-0.39, 0.29) is 0 Å². The number of nitrogens with zero attached hydrogens (tertiary/aromatic N) is 1. The van der Waals surface area contributed by atoms with Crippen LogP contribution in [-0.4, -0.2) is 15.7 Å². The summed E-state index contributed by atoms with van der Waals surface area (Å²) in [6, 6.07) is 5.40. The van der Waals surface area contributed by atoms with Gasteiger partial charge in [0, 0.05) is 12.1 Å². The molecule has 2 nitrogen and oxygen atoms in total. The number of aromatic nitrogens is 1. The lowest BCUT2D eigenvalue weighted by atomic mass is 10.0. The lowest BCUT2D eigenvalue weighted by Crippen LogP contribution is -2.22. The van der Waals surface area contributed by atoms with E-state index in [1.807, 2.05) is 12.1 Å². The Balaban J connectivity index is 2.77. The first-order valence-electron chi connectivity index (χ1n) is 3.81. The van der Waals surface area contributed by atoms with Crippen molar-refractivity contribution in [2.24, 2.45) is 0 Å². The molecule has 0 saturated carbocycles. The van der Waals surface area contributed by atoms with E-state index in [0.29, 0.717) is 11.6 Å². The molecule has 66 valence electrons. The monoisotopic (exact) mass is 185 g/mol. The van der Waals surface area contributed by atoms with Crippen molar-refractivity contribution in [1.82, 2.24) is 4.98 Å². The van der Waals surface area contributed by atoms with Crippen molar-refractivity contribution in [3.8, 4) is 0 Å². The second kappa shape index (κ2) is 3.42. The highest BCUT2D eigenvalue weighted by molar-refractivity contribution is 6.29. The zero-order valence-electron chi connectivity index (χ0n) is 7.21. The summed E-state index contributed by atoms with van der Waals surface area (Å²) in [6.07, 6.45) is 0.521. The molecule has 0 spiro atoms. The van der Waals surface area contributed by atoms with Gasteiger partial charge in [0.2, 0.25) is 0 Å². The molecule has 1 aromatic heterocycles. The zero-order valence-corrected chi connectivity index (χ0v) is 7.97. The maximum absolute atomic E-state index is 9.48. The highest BCUT2D eigenvalue weighted by atomic mass is 35.5. The molecular formula is C9H12ClNO. The van der Waals surface area contributed by atoms with E-state index in [2.05, 4.69) is 4.98 Å². The summed E-state index contributed by atoms with van der Waals surface area (Å²) < 4.78 is 0. The fourth-order valence-corrected chi connectivity index (χ4v) is 1.17. The Bertz CT molecular complexity index is 267. The van der Waals surface area contributed by atoms with Gasteiger partial charge in [-0.3, -0.25) is 0 Å². The van der Waals surface area contributed by atoms with Crippen LogP contribution in [0.4, 0.5) is 0 Å². The van der Waals surface area contributed by atoms with Crippen LogP contribution >= 0.6 is 11.6 Å². The van der Waals surface area contributed by atoms with Crippen LogP contribution in [0.25, 0.3) is 0 Å². The van der Waals surface area contributed by atoms with Crippen molar-refractivity contribution in [1.29, 1.82) is 0 Å². The summed E-state index contributed by atoms with van der Waals surface area (Å²) in [7, 11) is 0. The van der Waals surface area contributed by atoms with Crippen molar-refractivity contribution in [3.63, 3.8) is 0 Å². The standard InChI is InChI=1S/C9H12ClNO/c1-9(2,12)6-7-4-3-5-8(10)11-7/h3-5,12H,6H2,1-2H3. The molecule has 0 radical (unpaired) electrons. The number of rotatable bonds is 2. The smallest absolute Gasteiger partial charge is 0.129 e. The second-order valence-corrected chi connectivity index (χ2v) is 3.83. The topological polar surface area (TPSA) is 33.1 Å². The number of hydrogen-bond donors (Lipinski definition) is 1. The van der Waals surface area contributed by atoms with Crippen LogP contribution in [0.1, 0.15) is 19.5 Å². The molecule has 1 heterocycles. The Labute approximate surface area is 77.2 Å². The van der Waals surface area contributed by atoms with Crippen LogP contribution in [0.2, 0.25) is 5.15 Å². The van der Waals surface area contributed by atoms with E-state index >= 15 is 0 Å². The molecule has 0 amide bonds. The molecule has 0 atom stereocenters. The van der Waals surface area contributed by atoms with Gasteiger partial charge in [0.1, 0.15) is 5.15 Å². The number of pyridine rings is 1. The van der Waals surface area contributed by atoms with E-state index in [4.69, 9.17) is 11.6 Å². The number of hydrogen-bond acceptors (Lipinski definition) is 2.